The molecule has 1 rings (SSSR count). The summed E-state index contributed by atoms with van der Waals surface area (Å²) in [7, 11) is 0. The van der Waals surface area contributed by atoms with Gasteiger partial charge in [-0.05, 0) is 31.4 Å². The molecule has 1 aliphatic carbocycles. The number of aliphatic imine (C=N–C) groups is 1. The molecule has 70 valence electrons. The molecule has 0 amide bonds. The van der Waals surface area contributed by atoms with Crippen LogP contribution in [-0.2, 0) is 0 Å². The van der Waals surface area contributed by atoms with Gasteiger partial charge in [-0.15, -0.1) is 0 Å². The average molecular weight is 167 g/mol. The standard InChI is InChI=1S/C11H21N/c1-10(2)8-9-12-11-6-4-3-5-7-11/h9-11H,3-8H2,1-2H3. The van der Waals surface area contributed by atoms with Crippen LogP contribution in [0.15, 0.2) is 4.99 Å². The van der Waals surface area contributed by atoms with Crippen LogP contribution >= 0.6 is 0 Å². The van der Waals surface area contributed by atoms with Gasteiger partial charge in [0.2, 0.25) is 0 Å². The molecule has 0 aromatic heterocycles. The van der Waals surface area contributed by atoms with Crippen LogP contribution in [0.3, 0.4) is 0 Å². The monoisotopic (exact) mass is 167 g/mol. The fourth-order valence-corrected chi connectivity index (χ4v) is 1.65. The summed E-state index contributed by atoms with van der Waals surface area (Å²) >= 11 is 0. The van der Waals surface area contributed by atoms with E-state index in [-0.39, 0.29) is 0 Å². The Labute approximate surface area is 76.3 Å². The first kappa shape index (κ1) is 9.76. The maximum atomic E-state index is 4.60. The number of nitrogens with zero attached hydrogens (tertiary/aromatic N) is 1. The molecule has 1 nitrogen and oxygen atoms in total. The fraction of sp³-hybridized carbons (Fsp3) is 0.909. The van der Waals surface area contributed by atoms with Crippen LogP contribution in [0.2, 0.25) is 0 Å². The van der Waals surface area contributed by atoms with Gasteiger partial charge in [-0.2, -0.15) is 0 Å². The Kier molecular flexibility index (Phi) is 4.34. The van der Waals surface area contributed by atoms with E-state index in [0.29, 0.717) is 6.04 Å². The molecule has 0 aromatic carbocycles. The number of hydrogen-bond acceptors (Lipinski definition) is 1. The van der Waals surface area contributed by atoms with E-state index in [1.807, 2.05) is 0 Å². The summed E-state index contributed by atoms with van der Waals surface area (Å²) in [4.78, 5) is 4.60. The molecule has 1 saturated carbocycles. The molecular formula is C11H21N. The summed E-state index contributed by atoms with van der Waals surface area (Å²) in [6.45, 7) is 4.49. The average Bonchev–Trinajstić information content (AvgIpc) is 2.05. The normalized spacial score (nSPS) is 20.9. The van der Waals surface area contributed by atoms with Crippen LogP contribution in [0, 0.1) is 5.92 Å². The van der Waals surface area contributed by atoms with Crippen molar-refractivity contribution in [3.8, 4) is 0 Å². The summed E-state index contributed by atoms with van der Waals surface area (Å²) in [5.41, 5.74) is 0. The highest BCUT2D eigenvalue weighted by Gasteiger charge is 2.10. The van der Waals surface area contributed by atoms with E-state index in [1.165, 1.54) is 32.1 Å². The van der Waals surface area contributed by atoms with E-state index in [2.05, 4.69) is 25.1 Å². The molecule has 0 N–H and O–H groups in total. The summed E-state index contributed by atoms with van der Waals surface area (Å²) in [6, 6.07) is 0.664. The predicted molar refractivity (Wildman–Crippen MR) is 54.8 cm³/mol. The molecule has 0 aliphatic heterocycles. The van der Waals surface area contributed by atoms with Crippen molar-refractivity contribution in [1.82, 2.24) is 0 Å². The largest absolute Gasteiger partial charge is 0.294 e. The van der Waals surface area contributed by atoms with Crippen LogP contribution in [0.1, 0.15) is 52.4 Å². The Hall–Kier alpha value is -0.330. The molecule has 0 saturated heterocycles. The van der Waals surface area contributed by atoms with Crippen molar-refractivity contribution in [2.75, 3.05) is 0 Å². The molecule has 1 aliphatic rings. The van der Waals surface area contributed by atoms with Gasteiger partial charge >= 0.3 is 0 Å². The fourth-order valence-electron chi connectivity index (χ4n) is 1.65. The Morgan fingerprint density at radius 3 is 2.50 bits per heavy atom. The van der Waals surface area contributed by atoms with E-state index < -0.39 is 0 Å². The van der Waals surface area contributed by atoms with Gasteiger partial charge in [-0.25, -0.2) is 0 Å². The highest BCUT2D eigenvalue weighted by Crippen LogP contribution is 2.19. The summed E-state index contributed by atoms with van der Waals surface area (Å²) in [5.74, 6) is 0.761. The van der Waals surface area contributed by atoms with E-state index in [0.717, 1.165) is 12.3 Å². The molecule has 0 unspecified atom stereocenters. The highest BCUT2D eigenvalue weighted by atomic mass is 14.8. The van der Waals surface area contributed by atoms with Crippen molar-refractivity contribution >= 4 is 6.21 Å². The molecule has 1 fully saturated rings. The maximum absolute atomic E-state index is 4.60. The molecular weight excluding hydrogens is 146 g/mol. The van der Waals surface area contributed by atoms with Crippen molar-refractivity contribution in [2.24, 2.45) is 10.9 Å². The third kappa shape index (κ3) is 3.89. The minimum absolute atomic E-state index is 0.664. The third-order valence-corrected chi connectivity index (χ3v) is 2.47. The van der Waals surface area contributed by atoms with E-state index in [1.54, 1.807) is 0 Å². The second kappa shape index (κ2) is 5.34. The van der Waals surface area contributed by atoms with Crippen LogP contribution < -0.4 is 0 Å². The molecule has 0 heterocycles. The van der Waals surface area contributed by atoms with Gasteiger partial charge in [-0.1, -0.05) is 33.1 Å². The lowest BCUT2D eigenvalue weighted by atomic mass is 9.96. The van der Waals surface area contributed by atoms with E-state index in [9.17, 15) is 0 Å². The van der Waals surface area contributed by atoms with Gasteiger partial charge in [0.1, 0.15) is 0 Å². The Balaban J connectivity index is 2.15. The lowest BCUT2D eigenvalue weighted by Gasteiger charge is -2.17. The van der Waals surface area contributed by atoms with Crippen molar-refractivity contribution < 1.29 is 0 Å². The third-order valence-electron chi connectivity index (χ3n) is 2.47. The zero-order valence-electron chi connectivity index (χ0n) is 8.42. The molecule has 0 spiro atoms. The number of rotatable bonds is 3. The van der Waals surface area contributed by atoms with Gasteiger partial charge in [0.25, 0.3) is 0 Å². The Morgan fingerprint density at radius 1 is 1.25 bits per heavy atom. The Bertz CT molecular complexity index is 132. The topological polar surface area (TPSA) is 12.4 Å². The molecule has 0 bridgehead atoms. The molecule has 0 atom stereocenters. The van der Waals surface area contributed by atoms with Crippen LogP contribution in [0.25, 0.3) is 0 Å². The van der Waals surface area contributed by atoms with Crippen LogP contribution in [0.5, 0.6) is 0 Å². The van der Waals surface area contributed by atoms with Crippen molar-refractivity contribution in [1.29, 1.82) is 0 Å². The predicted octanol–water partition coefficient (Wildman–Crippen LogP) is 3.44. The van der Waals surface area contributed by atoms with Gasteiger partial charge in [-0.3, -0.25) is 4.99 Å². The zero-order chi connectivity index (χ0) is 8.81. The summed E-state index contributed by atoms with van der Waals surface area (Å²) < 4.78 is 0. The van der Waals surface area contributed by atoms with Gasteiger partial charge in [0.05, 0.1) is 0 Å². The first-order chi connectivity index (χ1) is 5.79. The maximum Gasteiger partial charge on any atom is 0.0495 e. The van der Waals surface area contributed by atoms with Crippen LogP contribution in [0.4, 0.5) is 0 Å². The molecule has 12 heavy (non-hydrogen) atoms. The minimum atomic E-state index is 0.664. The molecule has 1 heteroatoms. The van der Waals surface area contributed by atoms with E-state index >= 15 is 0 Å². The minimum Gasteiger partial charge on any atom is -0.294 e. The lowest BCUT2D eigenvalue weighted by Crippen LogP contribution is -2.09. The second-order valence-corrected chi connectivity index (χ2v) is 4.25. The smallest absolute Gasteiger partial charge is 0.0495 e. The SMILES string of the molecule is CC(C)CC=NC1CCCCC1. The van der Waals surface area contributed by atoms with Gasteiger partial charge < -0.3 is 0 Å². The zero-order valence-corrected chi connectivity index (χ0v) is 8.42. The lowest BCUT2D eigenvalue weighted by molar-refractivity contribution is 0.443. The van der Waals surface area contributed by atoms with Crippen molar-refractivity contribution in [2.45, 2.75) is 58.4 Å². The van der Waals surface area contributed by atoms with Crippen LogP contribution in [-0.4, -0.2) is 12.3 Å². The van der Waals surface area contributed by atoms with Crippen molar-refractivity contribution in [3.05, 3.63) is 0 Å². The molecule has 0 aromatic rings. The van der Waals surface area contributed by atoms with E-state index in [4.69, 9.17) is 0 Å². The first-order valence-electron chi connectivity index (χ1n) is 5.30. The van der Waals surface area contributed by atoms with Gasteiger partial charge in [0.15, 0.2) is 0 Å². The highest BCUT2D eigenvalue weighted by molar-refractivity contribution is 5.57. The molecule has 0 radical (unpaired) electrons. The quantitative estimate of drug-likeness (QED) is 0.571. The summed E-state index contributed by atoms with van der Waals surface area (Å²) in [5, 5.41) is 0. The van der Waals surface area contributed by atoms with Crippen molar-refractivity contribution in [3.63, 3.8) is 0 Å². The second-order valence-electron chi connectivity index (χ2n) is 4.25. The number of hydrogen-bond donors (Lipinski definition) is 0. The summed E-state index contributed by atoms with van der Waals surface area (Å²) in [6.07, 6.45) is 10.2. The van der Waals surface area contributed by atoms with Gasteiger partial charge in [0, 0.05) is 6.04 Å². The Morgan fingerprint density at radius 2 is 1.92 bits per heavy atom. The first-order valence-corrected chi connectivity index (χ1v) is 5.30.